The van der Waals surface area contributed by atoms with Gasteiger partial charge in [0.15, 0.2) is 6.61 Å². The summed E-state index contributed by atoms with van der Waals surface area (Å²) in [7, 11) is 0. The van der Waals surface area contributed by atoms with E-state index in [-0.39, 0.29) is 12.5 Å². The van der Waals surface area contributed by atoms with Crippen LogP contribution in [0.5, 0.6) is 0 Å². The summed E-state index contributed by atoms with van der Waals surface area (Å²) in [6, 6.07) is 27.0. The highest BCUT2D eigenvalue weighted by Crippen LogP contribution is 2.26. The molecule has 0 saturated heterocycles. The van der Waals surface area contributed by atoms with Gasteiger partial charge in [-0.15, -0.1) is 0 Å². The fraction of sp³-hybridized carbons (Fsp3) is 0.222. The van der Waals surface area contributed by atoms with E-state index in [1.165, 1.54) is 0 Å². The van der Waals surface area contributed by atoms with E-state index in [4.69, 9.17) is 4.74 Å². The van der Waals surface area contributed by atoms with Crippen molar-refractivity contribution < 1.29 is 14.3 Å². The van der Waals surface area contributed by atoms with Crippen LogP contribution in [0.25, 0.3) is 0 Å². The summed E-state index contributed by atoms with van der Waals surface area (Å²) >= 11 is 3.37. The molecule has 1 heterocycles. The molecule has 0 spiro atoms. The van der Waals surface area contributed by atoms with Crippen molar-refractivity contribution in [2.24, 2.45) is 4.99 Å². The van der Waals surface area contributed by atoms with Crippen molar-refractivity contribution in [2.45, 2.75) is 18.8 Å². The van der Waals surface area contributed by atoms with Crippen molar-refractivity contribution in [2.75, 3.05) is 18.9 Å². The van der Waals surface area contributed by atoms with E-state index in [1.807, 2.05) is 78.9 Å². The van der Waals surface area contributed by atoms with E-state index >= 15 is 0 Å². The Labute approximate surface area is 208 Å². The summed E-state index contributed by atoms with van der Waals surface area (Å²) in [5.41, 5.74) is 3.41. The number of esters is 1. The van der Waals surface area contributed by atoms with Crippen molar-refractivity contribution >= 4 is 39.8 Å². The molecule has 1 aliphatic heterocycles. The summed E-state index contributed by atoms with van der Waals surface area (Å²) < 4.78 is 6.54. The molecule has 3 aromatic carbocycles. The van der Waals surface area contributed by atoms with E-state index < -0.39 is 5.97 Å². The van der Waals surface area contributed by atoms with Crippen LogP contribution >= 0.6 is 23.5 Å². The molecule has 0 saturated carbocycles. The molecule has 0 bridgehead atoms. The maximum absolute atomic E-state index is 13.1. The molecule has 1 aliphatic rings. The topological polar surface area (TPSA) is 59.0 Å². The third-order valence-electron chi connectivity index (χ3n) is 5.26. The highest BCUT2D eigenvalue weighted by molar-refractivity contribution is 8.38. The highest BCUT2D eigenvalue weighted by atomic mass is 32.2. The molecule has 0 radical (unpaired) electrons. The summed E-state index contributed by atoms with van der Waals surface area (Å²) in [5, 5.41) is 0. The van der Waals surface area contributed by atoms with Crippen LogP contribution in [0, 0.1) is 0 Å². The molecule has 1 amide bonds. The first-order chi connectivity index (χ1) is 16.7. The lowest BCUT2D eigenvalue weighted by Gasteiger charge is -2.23. The average molecular weight is 491 g/mol. The number of nitrogens with zero attached hydrogens (tertiary/aromatic N) is 2. The lowest BCUT2D eigenvalue weighted by atomic mass is 10.1. The summed E-state index contributed by atoms with van der Waals surface area (Å²) in [4.78, 5) is 32.1. The SMILES string of the molecule is O=C(OCC(=O)N(Cc1ccccc1)Cc1ccccc1)c1ccccc1CSC1=NCCS1. The Bertz CT molecular complexity index is 1100. The number of aliphatic imine (C=N–C) groups is 1. The van der Waals surface area contributed by atoms with Crippen LogP contribution in [0.3, 0.4) is 0 Å². The second-order valence-corrected chi connectivity index (χ2v) is 10.0. The van der Waals surface area contributed by atoms with Gasteiger partial charge in [0.2, 0.25) is 0 Å². The van der Waals surface area contributed by atoms with E-state index in [9.17, 15) is 9.59 Å². The second kappa shape index (κ2) is 12.4. The summed E-state index contributed by atoms with van der Waals surface area (Å²) in [6.07, 6.45) is 0. The molecule has 0 N–H and O–H groups in total. The van der Waals surface area contributed by atoms with Crippen molar-refractivity contribution in [3.8, 4) is 0 Å². The standard InChI is InChI=1S/C27H26N2O3S2/c30-25(29(17-21-9-3-1-4-10-21)18-22-11-5-2-6-12-22)19-32-26(31)24-14-8-7-13-23(24)20-34-27-28-15-16-33-27/h1-14H,15-20H2. The quantitative estimate of drug-likeness (QED) is 0.376. The molecule has 0 aromatic heterocycles. The van der Waals surface area contributed by atoms with Crippen molar-refractivity contribution in [1.82, 2.24) is 4.90 Å². The minimum absolute atomic E-state index is 0.232. The number of ether oxygens (including phenoxy) is 1. The van der Waals surface area contributed by atoms with Crippen molar-refractivity contribution in [1.29, 1.82) is 0 Å². The van der Waals surface area contributed by atoms with Gasteiger partial charge in [-0.2, -0.15) is 0 Å². The number of thioether (sulfide) groups is 2. The largest absolute Gasteiger partial charge is 0.452 e. The minimum atomic E-state index is -0.482. The zero-order valence-electron chi connectivity index (χ0n) is 18.8. The van der Waals surface area contributed by atoms with Crippen LogP contribution in [0.1, 0.15) is 27.0 Å². The third-order valence-corrected chi connectivity index (χ3v) is 7.56. The molecule has 0 unspecified atom stereocenters. The van der Waals surface area contributed by atoms with Crippen LogP contribution in [-0.4, -0.2) is 40.1 Å². The Morgan fingerprint density at radius 2 is 1.50 bits per heavy atom. The molecule has 0 fully saturated rings. The third kappa shape index (κ3) is 6.98. The predicted molar refractivity (Wildman–Crippen MR) is 140 cm³/mol. The van der Waals surface area contributed by atoms with Gasteiger partial charge in [-0.3, -0.25) is 9.79 Å². The normalized spacial score (nSPS) is 12.8. The second-order valence-electron chi connectivity index (χ2n) is 7.74. The predicted octanol–water partition coefficient (Wildman–Crippen LogP) is 5.41. The van der Waals surface area contributed by atoms with Gasteiger partial charge in [0.05, 0.1) is 12.1 Å². The van der Waals surface area contributed by atoms with Crippen molar-refractivity contribution in [3.05, 3.63) is 107 Å². The van der Waals surface area contributed by atoms with Crippen LogP contribution in [0.15, 0.2) is 89.9 Å². The van der Waals surface area contributed by atoms with Crippen LogP contribution in [0.2, 0.25) is 0 Å². The van der Waals surface area contributed by atoms with Gasteiger partial charge < -0.3 is 9.64 Å². The first kappa shape index (κ1) is 24.1. The molecule has 34 heavy (non-hydrogen) atoms. The van der Waals surface area contributed by atoms with Crippen molar-refractivity contribution in [3.63, 3.8) is 0 Å². The van der Waals surface area contributed by atoms with E-state index in [2.05, 4.69) is 4.99 Å². The first-order valence-corrected chi connectivity index (χ1v) is 13.1. The van der Waals surface area contributed by atoms with E-state index in [0.29, 0.717) is 24.4 Å². The van der Waals surface area contributed by atoms with Crippen LogP contribution < -0.4 is 0 Å². The zero-order valence-corrected chi connectivity index (χ0v) is 20.4. The minimum Gasteiger partial charge on any atom is -0.452 e. The summed E-state index contributed by atoms with van der Waals surface area (Å²) in [6.45, 7) is 1.43. The zero-order chi connectivity index (χ0) is 23.6. The van der Waals surface area contributed by atoms with Gasteiger partial charge in [-0.25, -0.2) is 4.79 Å². The molecular weight excluding hydrogens is 464 g/mol. The van der Waals surface area contributed by atoms with Gasteiger partial charge in [0.25, 0.3) is 5.91 Å². The lowest BCUT2D eigenvalue weighted by Crippen LogP contribution is -2.34. The molecule has 4 rings (SSSR count). The number of hydrogen-bond donors (Lipinski definition) is 0. The molecule has 0 atom stereocenters. The van der Waals surface area contributed by atoms with E-state index in [1.54, 1.807) is 34.5 Å². The number of carbonyl (C=O) groups excluding carboxylic acids is 2. The molecule has 5 nitrogen and oxygen atoms in total. The fourth-order valence-corrected chi connectivity index (χ4v) is 5.54. The Balaban J connectivity index is 1.40. The summed E-state index contributed by atoms with van der Waals surface area (Å²) in [5.74, 6) is 0.935. The van der Waals surface area contributed by atoms with Gasteiger partial charge in [-0.05, 0) is 22.8 Å². The number of carbonyl (C=O) groups is 2. The number of rotatable bonds is 9. The number of hydrogen-bond acceptors (Lipinski definition) is 6. The monoisotopic (exact) mass is 490 g/mol. The average Bonchev–Trinajstić information content (AvgIpc) is 3.41. The maximum atomic E-state index is 13.1. The molecule has 3 aromatic rings. The molecule has 0 aliphatic carbocycles. The Morgan fingerprint density at radius 3 is 2.12 bits per heavy atom. The van der Waals surface area contributed by atoms with Crippen LogP contribution in [-0.2, 0) is 28.4 Å². The van der Waals surface area contributed by atoms with E-state index in [0.717, 1.165) is 33.4 Å². The Hall–Kier alpha value is -3.03. The van der Waals surface area contributed by atoms with Gasteiger partial charge in [0.1, 0.15) is 4.38 Å². The van der Waals surface area contributed by atoms with Gasteiger partial charge in [0, 0.05) is 24.6 Å². The van der Waals surface area contributed by atoms with Gasteiger partial charge in [-0.1, -0.05) is 102 Å². The molecular formula is C27H26N2O3S2. The fourth-order valence-electron chi connectivity index (χ4n) is 3.52. The Morgan fingerprint density at radius 1 is 0.882 bits per heavy atom. The molecule has 174 valence electrons. The van der Waals surface area contributed by atoms with Crippen LogP contribution in [0.4, 0.5) is 0 Å². The molecule has 7 heteroatoms. The highest BCUT2D eigenvalue weighted by Gasteiger charge is 2.19. The smallest absolute Gasteiger partial charge is 0.338 e. The Kier molecular flexibility index (Phi) is 8.82. The van der Waals surface area contributed by atoms with Gasteiger partial charge >= 0.3 is 5.97 Å². The number of benzene rings is 3. The lowest BCUT2D eigenvalue weighted by molar-refractivity contribution is -0.135. The first-order valence-electron chi connectivity index (χ1n) is 11.1. The maximum Gasteiger partial charge on any atom is 0.338 e. The number of amides is 1.